The molecule has 3 atom stereocenters. The molecule has 3 rings (SSSR count). The van der Waals surface area contributed by atoms with E-state index in [-0.39, 0.29) is 23.4 Å². The highest BCUT2D eigenvalue weighted by Crippen LogP contribution is 2.31. The Morgan fingerprint density at radius 1 is 1.39 bits per heavy atom. The Balaban J connectivity index is 1.58. The third-order valence-electron chi connectivity index (χ3n) is 6.15. The summed E-state index contributed by atoms with van der Waals surface area (Å²) in [4.78, 5) is 18.7. The Labute approximate surface area is 191 Å². The number of nitrogens with one attached hydrogen (secondary N) is 2. The van der Waals surface area contributed by atoms with E-state index < -0.39 is 0 Å². The van der Waals surface area contributed by atoms with Crippen molar-refractivity contribution >= 4 is 23.5 Å². The first kappa shape index (κ1) is 23.9. The van der Waals surface area contributed by atoms with Crippen LogP contribution in [0, 0.1) is 12.3 Å². The molecule has 5 nitrogen and oxygen atoms in total. The van der Waals surface area contributed by atoms with Crippen LogP contribution in [0.25, 0.3) is 0 Å². The Hall–Kier alpha value is -1.79. The van der Waals surface area contributed by atoms with Crippen molar-refractivity contribution in [2.45, 2.75) is 84.8 Å². The van der Waals surface area contributed by atoms with Gasteiger partial charge in [-0.1, -0.05) is 52.8 Å². The zero-order chi connectivity index (χ0) is 22.6. The molecule has 3 unspecified atom stereocenters. The standard InChI is InChI=1S/C25H38N4OS/c1-17(2)28-22(25(4,5)6)15-29-13-7-8-21(29)24(30)26-14-19-9-11-20(12-10-19)23-18(3)27-16-31-23/h9-11,15-17,20-22,28H,7-8,12-14H2,1-6H3/p+1. The van der Waals surface area contributed by atoms with Crippen molar-refractivity contribution in [1.29, 1.82) is 0 Å². The van der Waals surface area contributed by atoms with Crippen LogP contribution in [0.15, 0.2) is 29.3 Å². The van der Waals surface area contributed by atoms with E-state index in [1.54, 1.807) is 11.3 Å². The van der Waals surface area contributed by atoms with Crippen molar-refractivity contribution in [1.82, 2.24) is 15.6 Å². The van der Waals surface area contributed by atoms with E-state index >= 15 is 0 Å². The van der Waals surface area contributed by atoms with Crippen LogP contribution in [-0.4, -0.2) is 52.9 Å². The number of carbonyl (C=O) groups excluding carboxylic acids is 1. The van der Waals surface area contributed by atoms with Crippen LogP contribution in [0.2, 0.25) is 0 Å². The highest BCUT2D eigenvalue weighted by atomic mass is 32.1. The minimum absolute atomic E-state index is 0.0698. The molecule has 1 amide bonds. The van der Waals surface area contributed by atoms with Gasteiger partial charge in [0.25, 0.3) is 5.91 Å². The molecule has 0 spiro atoms. The number of hydrogen-bond acceptors (Lipinski definition) is 4. The second kappa shape index (κ2) is 10.2. The summed E-state index contributed by atoms with van der Waals surface area (Å²) >= 11 is 1.73. The average Bonchev–Trinajstić information content (AvgIpc) is 3.34. The predicted molar refractivity (Wildman–Crippen MR) is 130 cm³/mol. The summed E-state index contributed by atoms with van der Waals surface area (Å²) in [5, 5.41) is 6.85. The summed E-state index contributed by atoms with van der Waals surface area (Å²) < 4.78 is 2.26. The summed E-state index contributed by atoms with van der Waals surface area (Å²) in [6.45, 7) is 14.7. The zero-order valence-corrected chi connectivity index (χ0v) is 20.8. The molecule has 0 saturated carbocycles. The molecule has 2 aliphatic rings. The fraction of sp³-hybridized carbons (Fsp3) is 0.640. The lowest BCUT2D eigenvalue weighted by molar-refractivity contribution is -0.528. The van der Waals surface area contributed by atoms with E-state index in [1.165, 1.54) is 10.5 Å². The molecule has 170 valence electrons. The smallest absolute Gasteiger partial charge is 0.288 e. The summed E-state index contributed by atoms with van der Waals surface area (Å²) in [6, 6.07) is 0.564. The molecule has 1 aromatic heterocycles. The fourth-order valence-corrected chi connectivity index (χ4v) is 5.18. The monoisotopic (exact) mass is 443 g/mol. The van der Waals surface area contributed by atoms with Gasteiger partial charge in [0.05, 0.1) is 17.2 Å². The molecule has 1 aliphatic heterocycles. The summed E-state index contributed by atoms with van der Waals surface area (Å²) in [5.74, 6) is 0.551. The van der Waals surface area contributed by atoms with Crippen LogP contribution < -0.4 is 10.6 Å². The SMILES string of the molecule is Cc1ncsc1C1C=CC(CNC(=O)C2CCC[N+]2=CC(NC(C)C)C(C)(C)C)=CC1. The number of hydrogen-bond donors (Lipinski definition) is 2. The number of aromatic nitrogens is 1. The minimum Gasteiger partial charge on any atom is -0.346 e. The summed E-state index contributed by atoms with van der Waals surface area (Å²) in [5.41, 5.74) is 4.33. The first-order chi connectivity index (χ1) is 14.6. The third kappa shape index (κ3) is 6.36. The van der Waals surface area contributed by atoms with E-state index in [4.69, 9.17) is 0 Å². The predicted octanol–water partition coefficient (Wildman–Crippen LogP) is 4.20. The van der Waals surface area contributed by atoms with Gasteiger partial charge in [0.15, 0.2) is 6.21 Å². The maximum absolute atomic E-state index is 13.0. The van der Waals surface area contributed by atoms with Gasteiger partial charge in [0, 0.05) is 36.2 Å². The molecular formula is C25H39N4OS+. The number of amides is 1. The number of thiazole rings is 1. The van der Waals surface area contributed by atoms with Crippen LogP contribution in [0.3, 0.4) is 0 Å². The van der Waals surface area contributed by atoms with Crippen molar-refractivity contribution in [2.24, 2.45) is 5.41 Å². The van der Waals surface area contributed by atoms with Gasteiger partial charge in [-0.25, -0.2) is 9.56 Å². The average molecular weight is 444 g/mol. The molecule has 1 aliphatic carbocycles. The lowest BCUT2D eigenvalue weighted by atomic mass is 9.87. The fourth-order valence-electron chi connectivity index (χ4n) is 4.28. The Kier molecular flexibility index (Phi) is 7.87. The van der Waals surface area contributed by atoms with Crippen molar-refractivity contribution in [3.8, 4) is 0 Å². The van der Waals surface area contributed by atoms with E-state index in [1.807, 2.05) is 5.51 Å². The Morgan fingerprint density at radius 3 is 2.74 bits per heavy atom. The highest BCUT2D eigenvalue weighted by Gasteiger charge is 2.37. The van der Waals surface area contributed by atoms with Gasteiger partial charge in [-0.05, 0) is 24.3 Å². The molecule has 6 heteroatoms. The van der Waals surface area contributed by atoms with Gasteiger partial charge >= 0.3 is 0 Å². The lowest BCUT2D eigenvalue weighted by Crippen LogP contribution is -2.49. The number of aryl methyl sites for hydroxylation is 1. The number of nitrogens with zero attached hydrogens (tertiary/aromatic N) is 2. The quantitative estimate of drug-likeness (QED) is 0.621. The van der Waals surface area contributed by atoms with E-state index in [0.717, 1.165) is 31.5 Å². The van der Waals surface area contributed by atoms with Crippen LogP contribution in [0.1, 0.15) is 70.4 Å². The van der Waals surface area contributed by atoms with Crippen LogP contribution in [0.5, 0.6) is 0 Å². The van der Waals surface area contributed by atoms with Crippen molar-refractivity contribution in [3.63, 3.8) is 0 Å². The van der Waals surface area contributed by atoms with Gasteiger partial charge in [-0.15, -0.1) is 11.3 Å². The second-order valence-corrected chi connectivity index (χ2v) is 11.1. The minimum atomic E-state index is -0.0698. The number of rotatable bonds is 7. The highest BCUT2D eigenvalue weighted by molar-refractivity contribution is 7.09. The molecule has 2 N–H and O–H groups in total. The van der Waals surface area contributed by atoms with Crippen molar-refractivity contribution in [2.75, 3.05) is 13.1 Å². The molecule has 2 heterocycles. The first-order valence-corrected chi connectivity index (χ1v) is 12.4. The van der Waals surface area contributed by atoms with Gasteiger partial charge in [0.1, 0.15) is 6.54 Å². The van der Waals surface area contributed by atoms with Gasteiger partial charge in [0.2, 0.25) is 6.04 Å². The van der Waals surface area contributed by atoms with Crippen LogP contribution in [0.4, 0.5) is 0 Å². The topological polar surface area (TPSA) is 57.0 Å². The Morgan fingerprint density at radius 2 is 2.16 bits per heavy atom. The largest absolute Gasteiger partial charge is 0.346 e. The molecule has 0 radical (unpaired) electrons. The maximum atomic E-state index is 13.0. The van der Waals surface area contributed by atoms with Gasteiger partial charge in [-0.2, -0.15) is 0 Å². The van der Waals surface area contributed by atoms with E-state index in [2.05, 4.69) is 86.2 Å². The molecule has 1 aromatic rings. The van der Waals surface area contributed by atoms with Crippen molar-refractivity contribution in [3.05, 3.63) is 39.9 Å². The number of carbonyl (C=O) groups is 1. The lowest BCUT2D eigenvalue weighted by Gasteiger charge is -2.29. The summed E-state index contributed by atoms with van der Waals surface area (Å²) in [7, 11) is 0. The third-order valence-corrected chi connectivity index (χ3v) is 7.21. The van der Waals surface area contributed by atoms with Crippen molar-refractivity contribution < 1.29 is 9.37 Å². The second-order valence-electron chi connectivity index (χ2n) is 10.2. The molecule has 1 fully saturated rings. The molecular weight excluding hydrogens is 404 g/mol. The van der Waals surface area contributed by atoms with Gasteiger partial charge < -0.3 is 10.6 Å². The van der Waals surface area contributed by atoms with E-state index in [0.29, 0.717) is 18.5 Å². The number of allylic oxidation sites excluding steroid dienone is 2. The van der Waals surface area contributed by atoms with E-state index in [9.17, 15) is 4.79 Å². The molecule has 1 saturated heterocycles. The van der Waals surface area contributed by atoms with Crippen LogP contribution in [-0.2, 0) is 4.79 Å². The first-order valence-electron chi connectivity index (χ1n) is 11.6. The zero-order valence-electron chi connectivity index (χ0n) is 19.9. The normalized spacial score (nSPS) is 24.0. The molecule has 0 bridgehead atoms. The molecule has 31 heavy (non-hydrogen) atoms. The summed E-state index contributed by atoms with van der Waals surface area (Å²) in [6.07, 6.45) is 11.9. The Bertz CT molecular complexity index is 859. The maximum Gasteiger partial charge on any atom is 0.288 e. The van der Waals surface area contributed by atoms with Gasteiger partial charge in [-0.3, -0.25) is 4.79 Å². The van der Waals surface area contributed by atoms with Crippen LogP contribution >= 0.6 is 11.3 Å². The molecule has 0 aromatic carbocycles.